The Labute approximate surface area is 171 Å². The topological polar surface area (TPSA) is 72.0 Å². The van der Waals surface area contributed by atoms with Crippen LogP contribution in [0, 0.1) is 0 Å². The van der Waals surface area contributed by atoms with E-state index in [-0.39, 0.29) is 23.8 Å². The molecule has 0 spiro atoms. The standard InChI is InChI=1S/C20H20F3N3O4/c1-2-29-19(28)15-5-8-17(24-13-15)25-9-11-26(12-10-25)18(27)14-3-6-16(7-4-14)30-20(21,22)23/h3-8,13H,2,9-12H2,1H3. The summed E-state index contributed by atoms with van der Waals surface area (Å²) in [6.45, 7) is 3.95. The zero-order valence-electron chi connectivity index (χ0n) is 16.2. The Morgan fingerprint density at radius 3 is 2.17 bits per heavy atom. The lowest BCUT2D eigenvalue weighted by Gasteiger charge is -2.35. The Morgan fingerprint density at radius 1 is 1.00 bits per heavy atom. The Morgan fingerprint density at radius 2 is 1.63 bits per heavy atom. The second-order valence-corrected chi connectivity index (χ2v) is 6.48. The van der Waals surface area contributed by atoms with Crippen LogP contribution < -0.4 is 9.64 Å². The number of nitrogens with zero attached hydrogens (tertiary/aromatic N) is 3. The third-order valence-electron chi connectivity index (χ3n) is 4.48. The van der Waals surface area contributed by atoms with Gasteiger partial charge in [0.05, 0.1) is 12.2 Å². The normalized spacial score (nSPS) is 14.4. The van der Waals surface area contributed by atoms with E-state index >= 15 is 0 Å². The van der Waals surface area contributed by atoms with Crippen LogP contribution in [-0.2, 0) is 4.74 Å². The first kappa shape index (κ1) is 21.4. The molecule has 1 aliphatic rings. The molecule has 0 radical (unpaired) electrons. The molecule has 0 bridgehead atoms. The van der Waals surface area contributed by atoms with Crippen molar-refractivity contribution in [1.82, 2.24) is 9.88 Å². The van der Waals surface area contributed by atoms with Gasteiger partial charge < -0.3 is 19.3 Å². The van der Waals surface area contributed by atoms with Crippen LogP contribution in [0.3, 0.4) is 0 Å². The largest absolute Gasteiger partial charge is 0.573 e. The van der Waals surface area contributed by atoms with Gasteiger partial charge in [-0.2, -0.15) is 0 Å². The fourth-order valence-electron chi connectivity index (χ4n) is 3.03. The Bertz CT molecular complexity index is 878. The van der Waals surface area contributed by atoms with Crippen LogP contribution in [0.4, 0.5) is 19.0 Å². The molecule has 3 rings (SSSR count). The lowest BCUT2D eigenvalue weighted by atomic mass is 10.1. The maximum absolute atomic E-state index is 12.6. The third kappa shape index (κ3) is 5.40. The number of halogens is 3. The Kier molecular flexibility index (Phi) is 6.43. The first-order chi connectivity index (χ1) is 14.3. The van der Waals surface area contributed by atoms with Gasteiger partial charge in [-0.1, -0.05) is 0 Å². The van der Waals surface area contributed by atoms with Crippen molar-refractivity contribution < 1.29 is 32.2 Å². The van der Waals surface area contributed by atoms with Gasteiger partial charge in [0.1, 0.15) is 11.6 Å². The first-order valence-electron chi connectivity index (χ1n) is 9.30. The molecule has 0 saturated carbocycles. The van der Waals surface area contributed by atoms with Crippen molar-refractivity contribution in [2.45, 2.75) is 13.3 Å². The van der Waals surface area contributed by atoms with E-state index in [1.165, 1.54) is 18.3 Å². The molecule has 2 heterocycles. The van der Waals surface area contributed by atoms with Gasteiger partial charge in [0, 0.05) is 37.9 Å². The predicted octanol–water partition coefficient (Wildman–Crippen LogP) is 3.12. The first-order valence-corrected chi connectivity index (χ1v) is 9.30. The fraction of sp³-hybridized carbons (Fsp3) is 0.350. The maximum Gasteiger partial charge on any atom is 0.573 e. The number of benzene rings is 1. The lowest BCUT2D eigenvalue weighted by Crippen LogP contribution is -2.49. The molecule has 0 unspecified atom stereocenters. The number of carbonyl (C=O) groups excluding carboxylic acids is 2. The number of anilines is 1. The van der Waals surface area contributed by atoms with Crippen LogP contribution >= 0.6 is 0 Å². The summed E-state index contributed by atoms with van der Waals surface area (Å²) in [5.74, 6) is -0.387. The molecule has 1 fully saturated rings. The van der Waals surface area contributed by atoms with Gasteiger partial charge in [-0.05, 0) is 43.3 Å². The minimum absolute atomic E-state index is 0.265. The van der Waals surface area contributed by atoms with Crippen molar-refractivity contribution in [2.75, 3.05) is 37.7 Å². The fourth-order valence-corrected chi connectivity index (χ4v) is 3.03. The second kappa shape index (κ2) is 9.02. The molecular formula is C20H20F3N3O4. The molecule has 7 nitrogen and oxygen atoms in total. The number of rotatable bonds is 5. The number of pyridine rings is 1. The molecule has 1 aromatic heterocycles. The van der Waals surface area contributed by atoms with Gasteiger partial charge in [0.15, 0.2) is 0 Å². The summed E-state index contributed by atoms with van der Waals surface area (Å²) in [5.41, 5.74) is 0.655. The van der Waals surface area contributed by atoms with Crippen LogP contribution in [0.1, 0.15) is 27.6 Å². The van der Waals surface area contributed by atoms with E-state index in [0.29, 0.717) is 37.6 Å². The van der Waals surface area contributed by atoms with Gasteiger partial charge in [-0.25, -0.2) is 9.78 Å². The summed E-state index contributed by atoms with van der Waals surface area (Å²) < 4.78 is 45.4. The van der Waals surface area contributed by atoms with Crippen LogP contribution in [0.2, 0.25) is 0 Å². The predicted molar refractivity (Wildman–Crippen MR) is 101 cm³/mol. The van der Waals surface area contributed by atoms with Crippen LogP contribution in [-0.4, -0.2) is 60.9 Å². The second-order valence-electron chi connectivity index (χ2n) is 6.48. The molecule has 0 atom stereocenters. The smallest absolute Gasteiger partial charge is 0.462 e. The summed E-state index contributed by atoms with van der Waals surface area (Å²) in [6, 6.07) is 8.22. The lowest BCUT2D eigenvalue weighted by molar-refractivity contribution is -0.274. The molecule has 1 aromatic carbocycles. The third-order valence-corrected chi connectivity index (χ3v) is 4.48. The minimum atomic E-state index is -4.77. The molecule has 1 saturated heterocycles. The Hall–Kier alpha value is -3.30. The van der Waals surface area contributed by atoms with E-state index in [2.05, 4.69) is 9.72 Å². The van der Waals surface area contributed by atoms with E-state index in [0.717, 1.165) is 12.1 Å². The molecule has 30 heavy (non-hydrogen) atoms. The number of hydrogen-bond acceptors (Lipinski definition) is 6. The number of carbonyl (C=O) groups is 2. The highest BCUT2D eigenvalue weighted by molar-refractivity contribution is 5.94. The molecule has 160 valence electrons. The van der Waals surface area contributed by atoms with E-state index in [1.54, 1.807) is 24.0 Å². The summed E-state index contributed by atoms with van der Waals surface area (Å²) in [7, 11) is 0. The average molecular weight is 423 g/mol. The zero-order valence-corrected chi connectivity index (χ0v) is 16.2. The summed E-state index contributed by atoms with van der Waals surface area (Å²) >= 11 is 0. The zero-order chi connectivity index (χ0) is 21.7. The number of amides is 1. The number of alkyl halides is 3. The quantitative estimate of drug-likeness (QED) is 0.689. The number of ether oxygens (including phenoxy) is 2. The number of esters is 1. The van der Waals surface area contributed by atoms with E-state index in [9.17, 15) is 22.8 Å². The van der Waals surface area contributed by atoms with Gasteiger partial charge in [0.25, 0.3) is 5.91 Å². The van der Waals surface area contributed by atoms with Crippen LogP contribution in [0.25, 0.3) is 0 Å². The highest BCUT2D eigenvalue weighted by Gasteiger charge is 2.31. The molecule has 0 aliphatic carbocycles. The van der Waals surface area contributed by atoms with Crippen molar-refractivity contribution in [3.8, 4) is 5.75 Å². The molecule has 1 amide bonds. The highest BCUT2D eigenvalue weighted by atomic mass is 19.4. The Balaban J connectivity index is 1.56. The van der Waals surface area contributed by atoms with Gasteiger partial charge in [-0.3, -0.25) is 4.79 Å². The van der Waals surface area contributed by atoms with Crippen LogP contribution in [0.15, 0.2) is 42.6 Å². The van der Waals surface area contributed by atoms with Gasteiger partial charge in [-0.15, -0.1) is 13.2 Å². The van der Waals surface area contributed by atoms with Crippen molar-refractivity contribution >= 4 is 17.7 Å². The van der Waals surface area contributed by atoms with Crippen LogP contribution in [0.5, 0.6) is 5.75 Å². The molecular weight excluding hydrogens is 403 g/mol. The maximum atomic E-state index is 12.6. The average Bonchev–Trinajstić information content (AvgIpc) is 2.73. The summed E-state index contributed by atoms with van der Waals surface area (Å²) in [4.78, 5) is 32.2. The van der Waals surface area contributed by atoms with Gasteiger partial charge >= 0.3 is 12.3 Å². The summed E-state index contributed by atoms with van der Waals surface area (Å²) in [5, 5.41) is 0. The number of piperazine rings is 1. The van der Waals surface area contributed by atoms with E-state index in [4.69, 9.17) is 4.74 Å². The highest BCUT2D eigenvalue weighted by Crippen LogP contribution is 2.23. The molecule has 0 N–H and O–H groups in total. The van der Waals surface area contributed by atoms with Crippen molar-refractivity contribution in [2.24, 2.45) is 0 Å². The van der Waals surface area contributed by atoms with Gasteiger partial charge in [0.2, 0.25) is 0 Å². The monoisotopic (exact) mass is 423 g/mol. The summed E-state index contributed by atoms with van der Waals surface area (Å²) in [6.07, 6.45) is -3.32. The molecule has 10 heteroatoms. The van der Waals surface area contributed by atoms with Crippen molar-refractivity contribution in [3.05, 3.63) is 53.7 Å². The van der Waals surface area contributed by atoms with E-state index in [1.807, 2.05) is 4.90 Å². The van der Waals surface area contributed by atoms with Crippen molar-refractivity contribution in [1.29, 1.82) is 0 Å². The number of hydrogen-bond donors (Lipinski definition) is 0. The van der Waals surface area contributed by atoms with Crippen molar-refractivity contribution in [3.63, 3.8) is 0 Å². The number of aromatic nitrogens is 1. The minimum Gasteiger partial charge on any atom is -0.462 e. The molecule has 1 aliphatic heterocycles. The van der Waals surface area contributed by atoms with E-state index < -0.39 is 12.3 Å². The molecule has 2 aromatic rings. The SMILES string of the molecule is CCOC(=O)c1ccc(N2CCN(C(=O)c3ccc(OC(F)(F)F)cc3)CC2)nc1.